The highest BCUT2D eigenvalue weighted by Gasteiger charge is 2.29. The normalized spacial score (nSPS) is 19.8. The van der Waals surface area contributed by atoms with Crippen LogP contribution in [-0.2, 0) is 0 Å². The number of rotatable bonds is 4. The fourth-order valence-electron chi connectivity index (χ4n) is 3.03. The van der Waals surface area contributed by atoms with E-state index in [9.17, 15) is 5.11 Å². The quantitative estimate of drug-likeness (QED) is 0.894. The van der Waals surface area contributed by atoms with E-state index in [2.05, 4.69) is 24.1 Å². The van der Waals surface area contributed by atoms with E-state index in [-0.39, 0.29) is 6.04 Å². The Bertz CT molecular complexity index is 458. The summed E-state index contributed by atoms with van der Waals surface area (Å²) in [5, 5.41) is 14.6. The summed E-state index contributed by atoms with van der Waals surface area (Å²) < 4.78 is 0. The lowest BCUT2D eigenvalue weighted by Crippen LogP contribution is -2.46. The van der Waals surface area contributed by atoms with Gasteiger partial charge in [0.05, 0.1) is 0 Å². The highest BCUT2D eigenvalue weighted by atomic mass is 35.5. The first-order valence-electron chi connectivity index (χ1n) is 7.48. The van der Waals surface area contributed by atoms with Crippen molar-refractivity contribution in [2.24, 2.45) is 5.92 Å². The van der Waals surface area contributed by atoms with Crippen LogP contribution in [0.1, 0.15) is 37.4 Å². The standard InChI is InChI=1S/C16H25ClN2O/c1-4-11(2)15(19-7-5-18-6-8-19)14-10-13(17)9-12(3)16(14)20/h9-11,15,18,20H,4-8H2,1-3H3/t11?,15-/m0/s1. The summed E-state index contributed by atoms with van der Waals surface area (Å²) in [4.78, 5) is 2.47. The third kappa shape index (κ3) is 3.27. The third-order valence-electron chi connectivity index (χ3n) is 4.34. The SMILES string of the molecule is CCC(C)[C@@H](c1cc(Cl)cc(C)c1O)N1CCNCC1. The van der Waals surface area contributed by atoms with Crippen LogP contribution in [0.25, 0.3) is 0 Å². The Morgan fingerprint density at radius 1 is 1.35 bits per heavy atom. The van der Waals surface area contributed by atoms with Gasteiger partial charge in [-0.15, -0.1) is 0 Å². The molecule has 2 rings (SSSR count). The van der Waals surface area contributed by atoms with Crippen LogP contribution in [0, 0.1) is 12.8 Å². The van der Waals surface area contributed by atoms with Gasteiger partial charge in [-0.3, -0.25) is 4.90 Å². The van der Waals surface area contributed by atoms with Crippen LogP contribution in [0.15, 0.2) is 12.1 Å². The molecule has 0 aromatic heterocycles. The maximum absolute atomic E-state index is 10.5. The fraction of sp³-hybridized carbons (Fsp3) is 0.625. The lowest BCUT2D eigenvalue weighted by molar-refractivity contribution is 0.126. The second-order valence-electron chi connectivity index (χ2n) is 5.78. The van der Waals surface area contributed by atoms with E-state index in [1.165, 1.54) is 0 Å². The van der Waals surface area contributed by atoms with Crippen molar-refractivity contribution in [2.75, 3.05) is 26.2 Å². The summed E-state index contributed by atoms with van der Waals surface area (Å²) in [5.74, 6) is 0.884. The minimum Gasteiger partial charge on any atom is -0.507 e. The smallest absolute Gasteiger partial charge is 0.123 e. The Labute approximate surface area is 126 Å². The molecule has 2 N–H and O–H groups in total. The van der Waals surface area contributed by atoms with Crippen LogP contribution in [-0.4, -0.2) is 36.2 Å². The molecule has 112 valence electrons. The fourth-order valence-corrected chi connectivity index (χ4v) is 3.31. The lowest BCUT2D eigenvalue weighted by atomic mass is 9.89. The van der Waals surface area contributed by atoms with Gasteiger partial charge in [-0.25, -0.2) is 0 Å². The Kier molecular flexibility index (Phi) is 5.30. The number of aromatic hydroxyl groups is 1. The maximum Gasteiger partial charge on any atom is 0.123 e. The van der Waals surface area contributed by atoms with Gasteiger partial charge in [-0.2, -0.15) is 0 Å². The van der Waals surface area contributed by atoms with Crippen molar-refractivity contribution in [1.29, 1.82) is 0 Å². The molecule has 1 saturated heterocycles. The third-order valence-corrected chi connectivity index (χ3v) is 4.56. The largest absolute Gasteiger partial charge is 0.507 e. The van der Waals surface area contributed by atoms with Crippen molar-refractivity contribution < 1.29 is 5.11 Å². The Hall–Kier alpha value is -0.770. The van der Waals surface area contributed by atoms with E-state index in [1.807, 2.05) is 19.1 Å². The maximum atomic E-state index is 10.5. The van der Waals surface area contributed by atoms with Crippen LogP contribution in [0.4, 0.5) is 0 Å². The molecule has 1 fully saturated rings. The number of hydrogen-bond donors (Lipinski definition) is 2. The molecule has 1 aliphatic rings. The number of halogens is 1. The second kappa shape index (κ2) is 6.79. The first-order chi connectivity index (χ1) is 9.54. The Morgan fingerprint density at radius 2 is 2.00 bits per heavy atom. The summed E-state index contributed by atoms with van der Waals surface area (Å²) in [6, 6.07) is 3.99. The highest BCUT2D eigenvalue weighted by molar-refractivity contribution is 6.30. The van der Waals surface area contributed by atoms with E-state index in [1.54, 1.807) is 0 Å². The summed E-state index contributed by atoms with van der Waals surface area (Å²) >= 11 is 6.21. The molecular weight excluding hydrogens is 272 g/mol. The van der Waals surface area contributed by atoms with Crippen LogP contribution >= 0.6 is 11.6 Å². The molecule has 1 aromatic rings. The molecule has 1 aromatic carbocycles. The molecule has 20 heavy (non-hydrogen) atoms. The highest BCUT2D eigenvalue weighted by Crippen LogP contribution is 2.39. The molecule has 0 aliphatic carbocycles. The summed E-state index contributed by atoms with van der Waals surface area (Å²) in [5.41, 5.74) is 1.84. The van der Waals surface area contributed by atoms with Crippen molar-refractivity contribution in [3.05, 3.63) is 28.3 Å². The van der Waals surface area contributed by atoms with Gasteiger partial charge in [-0.1, -0.05) is 31.9 Å². The zero-order valence-electron chi connectivity index (χ0n) is 12.6. The predicted molar refractivity (Wildman–Crippen MR) is 84.5 cm³/mol. The molecule has 0 amide bonds. The summed E-state index contributed by atoms with van der Waals surface area (Å²) in [6.07, 6.45) is 1.08. The first-order valence-corrected chi connectivity index (χ1v) is 7.86. The number of hydrogen-bond acceptors (Lipinski definition) is 3. The summed E-state index contributed by atoms with van der Waals surface area (Å²) in [7, 11) is 0. The van der Waals surface area contributed by atoms with Crippen LogP contribution in [0.2, 0.25) is 5.02 Å². The Balaban J connectivity index is 2.40. The zero-order valence-corrected chi connectivity index (χ0v) is 13.4. The molecule has 1 heterocycles. The average Bonchev–Trinajstić information content (AvgIpc) is 2.45. The zero-order chi connectivity index (χ0) is 14.7. The van der Waals surface area contributed by atoms with Gasteiger partial charge < -0.3 is 10.4 Å². The van der Waals surface area contributed by atoms with Crippen molar-refractivity contribution in [1.82, 2.24) is 10.2 Å². The molecule has 0 saturated carbocycles. The molecule has 0 spiro atoms. The van der Waals surface area contributed by atoms with E-state index in [0.29, 0.717) is 16.7 Å². The molecule has 1 unspecified atom stereocenters. The number of phenols is 1. The van der Waals surface area contributed by atoms with Gasteiger partial charge in [0.25, 0.3) is 0 Å². The number of phenolic OH excluding ortho intramolecular Hbond substituents is 1. The Morgan fingerprint density at radius 3 is 2.60 bits per heavy atom. The number of piperazine rings is 1. The minimum absolute atomic E-state index is 0.236. The van der Waals surface area contributed by atoms with Gasteiger partial charge in [0.1, 0.15) is 5.75 Å². The lowest BCUT2D eigenvalue weighted by Gasteiger charge is -2.39. The second-order valence-corrected chi connectivity index (χ2v) is 6.21. The molecule has 3 nitrogen and oxygen atoms in total. The average molecular weight is 297 g/mol. The molecular formula is C16H25ClN2O. The topological polar surface area (TPSA) is 35.5 Å². The van der Waals surface area contributed by atoms with E-state index < -0.39 is 0 Å². The number of benzene rings is 1. The number of nitrogens with one attached hydrogen (secondary N) is 1. The van der Waals surface area contributed by atoms with Gasteiger partial charge in [-0.05, 0) is 30.5 Å². The molecule has 0 bridgehead atoms. The van der Waals surface area contributed by atoms with E-state index in [0.717, 1.165) is 43.7 Å². The molecule has 4 heteroatoms. The van der Waals surface area contributed by atoms with Crippen molar-refractivity contribution in [2.45, 2.75) is 33.2 Å². The van der Waals surface area contributed by atoms with Crippen molar-refractivity contribution >= 4 is 11.6 Å². The number of nitrogens with zero attached hydrogens (tertiary/aromatic N) is 1. The summed E-state index contributed by atoms with van der Waals surface area (Å²) in [6.45, 7) is 10.4. The first kappa shape index (κ1) is 15.6. The van der Waals surface area contributed by atoms with Crippen molar-refractivity contribution in [3.8, 4) is 5.75 Å². The predicted octanol–water partition coefficient (Wildman–Crippen LogP) is 3.35. The van der Waals surface area contributed by atoms with E-state index >= 15 is 0 Å². The van der Waals surface area contributed by atoms with Crippen LogP contribution in [0.5, 0.6) is 5.75 Å². The van der Waals surface area contributed by atoms with E-state index in [4.69, 9.17) is 11.6 Å². The number of aryl methyl sites for hydroxylation is 1. The van der Waals surface area contributed by atoms with Gasteiger partial charge in [0.15, 0.2) is 0 Å². The van der Waals surface area contributed by atoms with Crippen LogP contribution < -0.4 is 5.32 Å². The monoisotopic (exact) mass is 296 g/mol. The molecule has 0 radical (unpaired) electrons. The minimum atomic E-state index is 0.236. The van der Waals surface area contributed by atoms with Crippen molar-refractivity contribution in [3.63, 3.8) is 0 Å². The molecule has 2 atom stereocenters. The van der Waals surface area contributed by atoms with Gasteiger partial charge in [0.2, 0.25) is 0 Å². The van der Waals surface area contributed by atoms with Crippen LogP contribution in [0.3, 0.4) is 0 Å². The molecule has 1 aliphatic heterocycles. The van der Waals surface area contributed by atoms with Gasteiger partial charge in [0, 0.05) is 42.8 Å². The van der Waals surface area contributed by atoms with Gasteiger partial charge >= 0.3 is 0 Å².